The highest BCUT2D eigenvalue weighted by molar-refractivity contribution is 5.87. The van der Waals surface area contributed by atoms with Crippen molar-refractivity contribution in [3.63, 3.8) is 0 Å². The number of likely N-dealkylation sites (tertiary alicyclic amines) is 2. The number of H-pyrrole nitrogens is 2. The molecule has 4 N–H and O–H groups in total. The minimum absolute atomic E-state index is 0.106. The Labute approximate surface area is 320 Å². The Bertz CT molecular complexity index is 1940. The highest BCUT2D eigenvalue weighted by Gasteiger charge is 2.39. The van der Waals surface area contributed by atoms with Gasteiger partial charge < -0.3 is 39.9 Å². The second kappa shape index (κ2) is 15.6. The predicted molar refractivity (Wildman–Crippen MR) is 206 cm³/mol. The molecule has 3 aliphatic rings. The molecule has 55 heavy (non-hydrogen) atoms. The molecule has 2 aromatic carbocycles. The summed E-state index contributed by atoms with van der Waals surface area (Å²) < 4.78 is 9.54. The molecule has 290 valence electrons. The number of imidazole rings is 2. The monoisotopic (exact) mass is 750 g/mol. The highest BCUT2D eigenvalue weighted by atomic mass is 16.5. The zero-order valence-corrected chi connectivity index (χ0v) is 32.3. The number of amides is 4. The SMILES string of the molecule is COC(=O)N[C@H](C(=O)N1CCCC1c1ncc(-c2ccc3c(c2)Cc2cc(-c4cnc(C5CCCN5C(=O)[C@@H](NC(=O)OC)C(C)C)[nH]4)ccc2-3)[nH]1)C(C)C. The number of aromatic amines is 2. The van der Waals surface area contributed by atoms with Crippen LogP contribution >= 0.6 is 0 Å². The number of hydrogen-bond acceptors (Lipinski definition) is 8. The fourth-order valence-electron chi connectivity index (χ4n) is 8.24. The van der Waals surface area contributed by atoms with Crippen LogP contribution < -0.4 is 10.6 Å². The summed E-state index contributed by atoms with van der Waals surface area (Å²) in [5.41, 5.74) is 8.63. The number of carbonyl (C=O) groups excluding carboxylic acids is 4. The van der Waals surface area contributed by atoms with Gasteiger partial charge in [-0.3, -0.25) is 9.59 Å². The molecule has 2 saturated heterocycles. The van der Waals surface area contributed by atoms with Crippen molar-refractivity contribution in [2.75, 3.05) is 27.3 Å². The Kier molecular flexibility index (Phi) is 10.7. The molecule has 0 radical (unpaired) electrons. The number of ether oxygens (including phenoxy) is 2. The summed E-state index contributed by atoms with van der Waals surface area (Å²) in [5.74, 6) is 0.980. The van der Waals surface area contributed by atoms with Crippen LogP contribution in [-0.4, -0.2) is 93.1 Å². The van der Waals surface area contributed by atoms with E-state index < -0.39 is 24.3 Å². The van der Waals surface area contributed by atoms with Crippen molar-refractivity contribution in [1.29, 1.82) is 0 Å². The van der Waals surface area contributed by atoms with E-state index in [4.69, 9.17) is 19.4 Å². The molecule has 7 rings (SSSR count). The zero-order chi connectivity index (χ0) is 39.0. The van der Waals surface area contributed by atoms with Gasteiger partial charge in [0.25, 0.3) is 0 Å². The minimum atomic E-state index is -0.689. The van der Waals surface area contributed by atoms with Crippen molar-refractivity contribution in [2.24, 2.45) is 11.8 Å². The van der Waals surface area contributed by atoms with E-state index in [0.717, 1.165) is 66.3 Å². The summed E-state index contributed by atoms with van der Waals surface area (Å²) in [6, 6.07) is 11.1. The van der Waals surface area contributed by atoms with Crippen molar-refractivity contribution < 1.29 is 28.7 Å². The quantitative estimate of drug-likeness (QED) is 0.132. The molecule has 0 saturated carbocycles. The first-order chi connectivity index (χ1) is 26.5. The van der Waals surface area contributed by atoms with Crippen LogP contribution in [0.25, 0.3) is 33.6 Å². The summed E-state index contributed by atoms with van der Waals surface area (Å²) in [7, 11) is 2.59. The number of nitrogens with one attached hydrogen (secondary N) is 4. The van der Waals surface area contributed by atoms with Gasteiger partial charge in [-0.25, -0.2) is 19.6 Å². The zero-order valence-electron chi connectivity index (χ0n) is 32.3. The van der Waals surface area contributed by atoms with E-state index in [9.17, 15) is 19.2 Å². The largest absolute Gasteiger partial charge is 0.453 e. The van der Waals surface area contributed by atoms with Crippen LogP contribution in [0.15, 0.2) is 48.8 Å². The highest BCUT2D eigenvalue weighted by Crippen LogP contribution is 2.41. The Morgan fingerprint density at radius 3 is 1.49 bits per heavy atom. The van der Waals surface area contributed by atoms with Crippen LogP contribution in [-0.2, 0) is 25.5 Å². The molecular formula is C41H50N8O6. The third-order valence-corrected chi connectivity index (χ3v) is 11.2. The van der Waals surface area contributed by atoms with E-state index in [-0.39, 0.29) is 35.7 Å². The van der Waals surface area contributed by atoms with Crippen LogP contribution in [0.2, 0.25) is 0 Å². The lowest BCUT2D eigenvalue weighted by atomic mass is 10.0. The number of nitrogens with zero attached hydrogens (tertiary/aromatic N) is 4. The molecule has 4 atom stereocenters. The summed E-state index contributed by atoms with van der Waals surface area (Å²) >= 11 is 0. The van der Waals surface area contributed by atoms with E-state index in [1.54, 1.807) is 0 Å². The molecule has 14 heteroatoms. The Hall–Kier alpha value is -5.66. The average Bonchev–Trinajstić information content (AvgIpc) is 4.02. The Morgan fingerprint density at radius 1 is 0.691 bits per heavy atom. The number of carbonyl (C=O) groups is 4. The van der Waals surface area contributed by atoms with Gasteiger partial charge >= 0.3 is 12.2 Å². The molecule has 4 heterocycles. The van der Waals surface area contributed by atoms with E-state index in [1.807, 2.05) is 49.9 Å². The van der Waals surface area contributed by atoms with Gasteiger partial charge in [-0.05, 0) is 89.5 Å². The molecule has 1 aliphatic carbocycles. The first-order valence-corrected chi connectivity index (χ1v) is 19.1. The molecule has 0 bridgehead atoms. The van der Waals surface area contributed by atoms with Crippen molar-refractivity contribution in [2.45, 2.75) is 84.0 Å². The average molecular weight is 751 g/mol. The molecule has 4 aromatic rings. The van der Waals surface area contributed by atoms with Crippen LogP contribution in [0, 0.1) is 11.8 Å². The maximum Gasteiger partial charge on any atom is 0.407 e. The van der Waals surface area contributed by atoms with Crippen LogP contribution in [0.5, 0.6) is 0 Å². The van der Waals surface area contributed by atoms with Crippen molar-refractivity contribution in [3.8, 4) is 33.6 Å². The molecule has 2 aliphatic heterocycles. The molecule has 0 spiro atoms. The number of methoxy groups -OCH3 is 2. The van der Waals surface area contributed by atoms with Gasteiger partial charge in [0.1, 0.15) is 23.7 Å². The standard InChI is InChI=1S/C41H50N8O6/c1-22(2)34(46-40(52)54-5)38(50)48-15-7-9-32(48)36-42-20-30(44-36)24-11-13-28-26(17-24)19-27-18-25(12-14-29(27)28)31-21-43-37(45-31)33-10-8-16-49(33)39(51)35(23(3)4)47-41(53)55-6/h11-14,17-18,20-23,32-35H,7-10,15-16,19H2,1-6H3,(H,42,44)(H,43,45)(H,46,52)(H,47,53)/t32?,33?,34-,35-/m0/s1. The lowest BCUT2D eigenvalue weighted by molar-refractivity contribution is -0.136. The van der Waals surface area contributed by atoms with Crippen molar-refractivity contribution >= 4 is 24.0 Å². The van der Waals surface area contributed by atoms with Crippen LogP contribution in [0.1, 0.15) is 88.2 Å². The second-order valence-corrected chi connectivity index (χ2v) is 15.4. The number of benzene rings is 2. The molecular weight excluding hydrogens is 701 g/mol. The molecule has 2 aromatic heterocycles. The van der Waals surface area contributed by atoms with Crippen LogP contribution in [0.3, 0.4) is 0 Å². The normalized spacial score (nSPS) is 18.6. The summed E-state index contributed by atoms with van der Waals surface area (Å²) in [6.45, 7) is 8.81. The second-order valence-electron chi connectivity index (χ2n) is 15.4. The molecule has 2 unspecified atom stereocenters. The minimum Gasteiger partial charge on any atom is -0.453 e. The summed E-state index contributed by atoms with van der Waals surface area (Å²) in [6.07, 6.45) is 6.46. The number of aromatic nitrogens is 4. The first kappa shape index (κ1) is 37.6. The van der Waals surface area contributed by atoms with Crippen LogP contribution in [0.4, 0.5) is 9.59 Å². The van der Waals surface area contributed by atoms with E-state index in [0.29, 0.717) is 13.1 Å². The topological polar surface area (TPSA) is 175 Å². The Morgan fingerprint density at radius 2 is 1.11 bits per heavy atom. The number of rotatable bonds is 10. The number of hydrogen-bond donors (Lipinski definition) is 4. The van der Waals surface area contributed by atoms with E-state index in [2.05, 4.69) is 57.0 Å². The van der Waals surface area contributed by atoms with Crippen molar-refractivity contribution in [1.82, 2.24) is 40.4 Å². The summed E-state index contributed by atoms with van der Waals surface area (Å²) in [5, 5.41) is 5.41. The lowest BCUT2D eigenvalue weighted by Crippen LogP contribution is -2.51. The van der Waals surface area contributed by atoms with Gasteiger partial charge in [0.15, 0.2) is 0 Å². The van der Waals surface area contributed by atoms with Gasteiger partial charge in [0.05, 0.1) is 50.1 Å². The number of fused-ring (bicyclic) bond motifs is 3. The molecule has 14 nitrogen and oxygen atoms in total. The van der Waals surface area contributed by atoms with Crippen molar-refractivity contribution in [3.05, 3.63) is 71.6 Å². The lowest BCUT2D eigenvalue weighted by Gasteiger charge is -2.30. The van der Waals surface area contributed by atoms with Gasteiger partial charge in [0, 0.05) is 13.1 Å². The van der Waals surface area contributed by atoms with Gasteiger partial charge in [-0.1, -0.05) is 52.0 Å². The Balaban J connectivity index is 1.05. The smallest absolute Gasteiger partial charge is 0.407 e. The molecule has 4 amide bonds. The third kappa shape index (κ3) is 7.41. The third-order valence-electron chi connectivity index (χ3n) is 11.2. The van der Waals surface area contributed by atoms with Gasteiger partial charge in [0.2, 0.25) is 11.8 Å². The fraction of sp³-hybridized carbons (Fsp3) is 0.463. The van der Waals surface area contributed by atoms with Gasteiger partial charge in [-0.2, -0.15) is 0 Å². The maximum absolute atomic E-state index is 13.6. The molecule has 2 fully saturated rings. The predicted octanol–water partition coefficient (Wildman–Crippen LogP) is 6.13. The summed E-state index contributed by atoms with van der Waals surface area (Å²) in [4.78, 5) is 71.3. The van der Waals surface area contributed by atoms with E-state index >= 15 is 0 Å². The first-order valence-electron chi connectivity index (χ1n) is 19.1. The fourth-order valence-corrected chi connectivity index (χ4v) is 8.24. The van der Waals surface area contributed by atoms with Gasteiger partial charge in [-0.15, -0.1) is 0 Å². The van der Waals surface area contributed by atoms with E-state index in [1.165, 1.54) is 36.5 Å². The maximum atomic E-state index is 13.6. The number of alkyl carbamates (subject to hydrolysis) is 2.